The Morgan fingerprint density at radius 2 is 1.77 bits per heavy atom. The van der Waals surface area contributed by atoms with Crippen LogP contribution in [0.4, 0.5) is 15.8 Å². The molecule has 0 aliphatic carbocycles. The first-order chi connectivity index (χ1) is 12.6. The predicted octanol–water partition coefficient (Wildman–Crippen LogP) is 2.92. The fraction of sp³-hybridized carbons (Fsp3) is 0.200. The summed E-state index contributed by atoms with van der Waals surface area (Å²) in [6.07, 6.45) is 1.73. The van der Waals surface area contributed by atoms with Gasteiger partial charge in [0.1, 0.15) is 5.82 Å². The number of hydrogen-bond acceptors (Lipinski definition) is 4. The molecule has 5 nitrogen and oxygen atoms in total. The van der Waals surface area contributed by atoms with Crippen molar-refractivity contribution in [3.8, 4) is 0 Å². The van der Waals surface area contributed by atoms with Crippen LogP contribution in [-0.2, 0) is 0 Å². The number of halogens is 1. The number of piperazine rings is 1. The lowest BCUT2D eigenvalue weighted by atomic mass is 10.1. The van der Waals surface area contributed by atoms with Crippen LogP contribution in [0.25, 0.3) is 10.9 Å². The van der Waals surface area contributed by atoms with Crippen molar-refractivity contribution < 1.29 is 9.18 Å². The average Bonchev–Trinajstić information content (AvgIpc) is 2.69. The fourth-order valence-electron chi connectivity index (χ4n) is 3.41. The van der Waals surface area contributed by atoms with Crippen molar-refractivity contribution in [2.45, 2.75) is 0 Å². The third-order valence-electron chi connectivity index (χ3n) is 4.79. The Hall–Kier alpha value is -3.15. The van der Waals surface area contributed by atoms with Crippen LogP contribution in [-0.4, -0.2) is 42.0 Å². The third kappa shape index (κ3) is 2.83. The number of hydrogen-bond donors (Lipinski definition) is 1. The van der Waals surface area contributed by atoms with Crippen molar-refractivity contribution in [3.63, 3.8) is 0 Å². The van der Waals surface area contributed by atoms with E-state index >= 15 is 0 Å². The van der Waals surface area contributed by atoms with Crippen molar-refractivity contribution in [1.82, 2.24) is 9.88 Å². The predicted molar refractivity (Wildman–Crippen MR) is 101 cm³/mol. The van der Waals surface area contributed by atoms with Crippen molar-refractivity contribution in [2.24, 2.45) is 0 Å². The Balaban J connectivity index is 1.54. The molecule has 1 fully saturated rings. The highest BCUT2D eigenvalue weighted by Gasteiger charge is 2.24. The quantitative estimate of drug-likeness (QED) is 0.722. The topological polar surface area (TPSA) is 62.5 Å². The van der Waals surface area contributed by atoms with Crippen molar-refractivity contribution in [2.75, 3.05) is 36.8 Å². The van der Waals surface area contributed by atoms with Gasteiger partial charge in [0.15, 0.2) is 0 Å². The van der Waals surface area contributed by atoms with E-state index in [4.69, 9.17) is 5.73 Å². The maximum absolute atomic E-state index is 13.9. The summed E-state index contributed by atoms with van der Waals surface area (Å²) >= 11 is 0. The summed E-state index contributed by atoms with van der Waals surface area (Å²) in [7, 11) is 0. The van der Waals surface area contributed by atoms with Crippen molar-refractivity contribution in [1.29, 1.82) is 0 Å². The van der Waals surface area contributed by atoms with E-state index in [1.54, 1.807) is 23.2 Å². The molecule has 0 bridgehead atoms. The molecular weight excluding hydrogens is 331 g/mol. The summed E-state index contributed by atoms with van der Waals surface area (Å²) in [5.41, 5.74) is 8.65. The van der Waals surface area contributed by atoms with Crippen LogP contribution >= 0.6 is 0 Å². The first kappa shape index (κ1) is 16.3. The molecule has 0 saturated carbocycles. The minimum atomic E-state index is -0.476. The zero-order valence-corrected chi connectivity index (χ0v) is 14.2. The highest BCUT2D eigenvalue weighted by Crippen LogP contribution is 2.30. The van der Waals surface area contributed by atoms with Crippen LogP contribution < -0.4 is 10.6 Å². The lowest BCUT2D eigenvalue weighted by Gasteiger charge is -2.36. The van der Waals surface area contributed by atoms with Gasteiger partial charge in [0.05, 0.1) is 16.8 Å². The first-order valence-electron chi connectivity index (χ1n) is 8.57. The number of carbonyl (C=O) groups excluding carboxylic acids is 1. The number of nitrogen functional groups attached to an aromatic ring is 1. The number of anilines is 2. The summed E-state index contributed by atoms with van der Waals surface area (Å²) in [5.74, 6) is -0.734. The Bertz CT molecular complexity index is 967. The minimum Gasteiger partial charge on any atom is -0.397 e. The SMILES string of the molecule is Nc1ccc(N2CCN(C(=O)c3ccccc3F)CC2)c2cccnc12. The molecule has 0 atom stereocenters. The molecule has 1 aliphatic rings. The fourth-order valence-corrected chi connectivity index (χ4v) is 3.41. The first-order valence-corrected chi connectivity index (χ1v) is 8.57. The molecule has 132 valence electrons. The molecule has 6 heteroatoms. The van der Waals surface area contributed by atoms with E-state index in [0.717, 1.165) is 16.6 Å². The van der Waals surface area contributed by atoms with Gasteiger partial charge in [0, 0.05) is 43.4 Å². The number of aromatic nitrogens is 1. The minimum absolute atomic E-state index is 0.128. The van der Waals surface area contributed by atoms with Crippen LogP contribution in [0, 0.1) is 5.82 Å². The van der Waals surface area contributed by atoms with Crippen LogP contribution in [0.15, 0.2) is 54.7 Å². The van der Waals surface area contributed by atoms with Gasteiger partial charge in [-0.2, -0.15) is 0 Å². The average molecular weight is 350 g/mol. The highest BCUT2D eigenvalue weighted by atomic mass is 19.1. The van der Waals surface area contributed by atoms with Crippen LogP contribution in [0.3, 0.4) is 0 Å². The van der Waals surface area contributed by atoms with E-state index < -0.39 is 5.82 Å². The number of carbonyl (C=O) groups is 1. The number of fused-ring (bicyclic) bond motifs is 1. The van der Waals surface area contributed by atoms with Gasteiger partial charge in [-0.05, 0) is 36.4 Å². The molecule has 1 aliphatic heterocycles. The monoisotopic (exact) mass is 350 g/mol. The molecule has 3 aromatic rings. The van der Waals surface area contributed by atoms with E-state index in [1.807, 2.05) is 24.3 Å². The standard InChI is InChI=1S/C20H19FN4O/c21-16-6-2-1-4-14(16)20(26)25-12-10-24(11-13-25)18-8-7-17(22)19-15(18)5-3-9-23-19/h1-9H,10-13,22H2. The van der Waals surface area contributed by atoms with Gasteiger partial charge < -0.3 is 15.5 Å². The number of pyridine rings is 1. The van der Waals surface area contributed by atoms with Crippen molar-refractivity contribution in [3.05, 3.63) is 66.1 Å². The summed E-state index contributed by atoms with van der Waals surface area (Å²) in [5, 5.41) is 1.00. The number of nitrogens with zero attached hydrogens (tertiary/aromatic N) is 3. The Morgan fingerprint density at radius 1 is 1.00 bits per heavy atom. The van der Waals surface area contributed by atoms with Gasteiger partial charge in [-0.1, -0.05) is 12.1 Å². The maximum atomic E-state index is 13.9. The molecule has 1 amide bonds. The Morgan fingerprint density at radius 3 is 2.54 bits per heavy atom. The maximum Gasteiger partial charge on any atom is 0.256 e. The summed E-state index contributed by atoms with van der Waals surface area (Å²) in [4.78, 5) is 20.9. The zero-order valence-electron chi connectivity index (χ0n) is 14.2. The Labute approximate surface area is 150 Å². The van der Waals surface area contributed by atoms with Gasteiger partial charge in [-0.3, -0.25) is 9.78 Å². The molecular formula is C20H19FN4O. The second-order valence-electron chi connectivity index (χ2n) is 6.33. The molecule has 1 aromatic heterocycles. The van der Waals surface area contributed by atoms with Gasteiger partial charge >= 0.3 is 0 Å². The second kappa shape index (κ2) is 6.63. The second-order valence-corrected chi connectivity index (χ2v) is 6.33. The summed E-state index contributed by atoms with van der Waals surface area (Å²) in [6, 6.07) is 13.9. The highest BCUT2D eigenvalue weighted by molar-refractivity contribution is 5.99. The van der Waals surface area contributed by atoms with E-state index in [1.165, 1.54) is 12.1 Å². The lowest BCUT2D eigenvalue weighted by molar-refractivity contribution is 0.0742. The van der Waals surface area contributed by atoms with Crippen LogP contribution in [0.1, 0.15) is 10.4 Å². The van der Waals surface area contributed by atoms with Gasteiger partial charge in [0.25, 0.3) is 5.91 Å². The molecule has 0 radical (unpaired) electrons. The van der Waals surface area contributed by atoms with Gasteiger partial charge in [-0.15, -0.1) is 0 Å². The zero-order chi connectivity index (χ0) is 18.1. The summed E-state index contributed by atoms with van der Waals surface area (Å²) in [6.45, 7) is 2.43. The molecule has 4 rings (SSSR count). The normalized spacial score (nSPS) is 14.7. The smallest absolute Gasteiger partial charge is 0.256 e. The van der Waals surface area contributed by atoms with Crippen LogP contribution in [0.2, 0.25) is 0 Å². The number of benzene rings is 2. The molecule has 26 heavy (non-hydrogen) atoms. The number of nitrogens with two attached hydrogens (primary N) is 1. The van der Waals surface area contributed by atoms with Gasteiger partial charge in [0.2, 0.25) is 0 Å². The van der Waals surface area contributed by atoms with Crippen molar-refractivity contribution >= 4 is 28.2 Å². The van der Waals surface area contributed by atoms with E-state index in [9.17, 15) is 9.18 Å². The summed E-state index contributed by atoms with van der Waals surface area (Å²) < 4.78 is 13.9. The Kier molecular flexibility index (Phi) is 4.16. The molecule has 0 spiro atoms. The molecule has 2 heterocycles. The lowest BCUT2D eigenvalue weighted by Crippen LogP contribution is -2.49. The molecule has 2 N–H and O–H groups in total. The van der Waals surface area contributed by atoms with E-state index in [0.29, 0.717) is 31.9 Å². The molecule has 0 unspecified atom stereocenters. The third-order valence-corrected chi connectivity index (χ3v) is 4.79. The number of amides is 1. The molecule has 2 aromatic carbocycles. The van der Waals surface area contributed by atoms with Gasteiger partial charge in [-0.25, -0.2) is 4.39 Å². The largest absolute Gasteiger partial charge is 0.397 e. The number of rotatable bonds is 2. The van der Waals surface area contributed by atoms with Crippen LogP contribution in [0.5, 0.6) is 0 Å². The van der Waals surface area contributed by atoms with E-state index in [2.05, 4.69) is 9.88 Å². The molecule has 1 saturated heterocycles. The van der Waals surface area contributed by atoms with E-state index in [-0.39, 0.29) is 11.5 Å².